The highest BCUT2D eigenvalue weighted by atomic mass is 127. The highest BCUT2D eigenvalue weighted by molar-refractivity contribution is 14.1. The van der Waals surface area contributed by atoms with Crippen LogP contribution in [0.1, 0.15) is 21.5 Å². The second-order valence-corrected chi connectivity index (χ2v) is 7.04. The van der Waals surface area contributed by atoms with Crippen LogP contribution >= 0.6 is 22.6 Å². The lowest BCUT2D eigenvalue weighted by molar-refractivity contribution is 0.0746. The molecule has 0 unspecified atom stereocenters. The van der Waals surface area contributed by atoms with Crippen molar-refractivity contribution < 1.29 is 4.79 Å². The monoisotopic (exact) mass is 421 g/mol. The van der Waals surface area contributed by atoms with Gasteiger partial charge in [0.15, 0.2) is 0 Å². The summed E-state index contributed by atoms with van der Waals surface area (Å²) < 4.78 is 0.902. The fourth-order valence-electron chi connectivity index (χ4n) is 3.00. The number of hydrogen-bond acceptors (Lipinski definition) is 3. The van der Waals surface area contributed by atoms with E-state index in [-0.39, 0.29) is 5.91 Å². The van der Waals surface area contributed by atoms with Crippen LogP contribution in [0.5, 0.6) is 0 Å². The molecule has 0 spiro atoms. The molecule has 0 atom stereocenters. The number of anilines is 1. The molecule has 1 saturated heterocycles. The summed E-state index contributed by atoms with van der Waals surface area (Å²) in [7, 11) is 0. The Morgan fingerprint density at radius 2 is 1.83 bits per heavy atom. The number of carbonyl (C=O) groups is 1. The number of hydrogen-bond donors (Lipinski definition) is 0. The molecule has 120 valence electrons. The molecule has 0 aliphatic carbocycles. The van der Waals surface area contributed by atoms with Gasteiger partial charge < -0.3 is 9.80 Å². The number of halogens is 1. The van der Waals surface area contributed by atoms with Gasteiger partial charge in [-0.2, -0.15) is 0 Å². The van der Waals surface area contributed by atoms with E-state index in [1.54, 1.807) is 6.20 Å². The third kappa shape index (κ3) is 3.65. The minimum absolute atomic E-state index is 0.0779. The number of aryl methyl sites for hydroxylation is 2. The van der Waals surface area contributed by atoms with Crippen molar-refractivity contribution in [1.82, 2.24) is 9.88 Å². The maximum atomic E-state index is 12.5. The van der Waals surface area contributed by atoms with E-state index in [0.29, 0.717) is 5.56 Å². The van der Waals surface area contributed by atoms with Gasteiger partial charge in [-0.1, -0.05) is 17.7 Å². The highest BCUT2D eigenvalue weighted by Crippen LogP contribution is 2.22. The van der Waals surface area contributed by atoms with E-state index in [0.717, 1.165) is 29.9 Å². The molecule has 0 saturated carbocycles. The van der Waals surface area contributed by atoms with Crippen LogP contribution in [0, 0.1) is 17.5 Å². The first-order valence-electron chi connectivity index (χ1n) is 7.77. The number of pyridine rings is 1. The van der Waals surface area contributed by atoms with Crippen LogP contribution in [0.3, 0.4) is 0 Å². The highest BCUT2D eigenvalue weighted by Gasteiger charge is 2.23. The van der Waals surface area contributed by atoms with Crippen LogP contribution in [0.25, 0.3) is 0 Å². The lowest BCUT2D eigenvalue weighted by Gasteiger charge is -2.37. The van der Waals surface area contributed by atoms with Crippen molar-refractivity contribution in [2.45, 2.75) is 13.8 Å². The quantitative estimate of drug-likeness (QED) is 0.552. The van der Waals surface area contributed by atoms with E-state index in [1.165, 1.54) is 16.8 Å². The lowest BCUT2D eigenvalue weighted by Crippen LogP contribution is -2.49. The molecule has 0 bridgehead atoms. The predicted molar refractivity (Wildman–Crippen MR) is 101 cm³/mol. The fourth-order valence-corrected chi connectivity index (χ4v) is 3.31. The molecule has 2 aromatic rings. The van der Waals surface area contributed by atoms with Gasteiger partial charge in [-0.25, -0.2) is 4.98 Å². The molecular formula is C18H20IN3O. The van der Waals surface area contributed by atoms with Crippen LogP contribution in [-0.2, 0) is 0 Å². The van der Waals surface area contributed by atoms with Crippen LogP contribution in [0.4, 0.5) is 5.69 Å². The number of aromatic nitrogens is 1. The zero-order chi connectivity index (χ0) is 16.4. The summed E-state index contributed by atoms with van der Waals surface area (Å²) in [5.74, 6) is 0.0779. The Hall–Kier alpha value is -1.63. The van der Waals surface area contributed by atoms with Crippen molar-refractivity contribution in [2.24, 2.45) is 0 Å². The maximum Gasteiger partial charge on any atom is 0.255 e. The van der Waals surface area contributed by atoms with Crippen molar-refractivity contribution >= 4 is 34.2 Å². The number of benzene rings is 1. The number of carbonyl (C=O) groups excluding carboxylic acids is 1. The summed E-state index contributed by atoms with van der Waals surface area (Å²) in [6.07, 6.45) is 1.67. The SMILES string of the molecule is Cc1ccc(N2CCN(C(=O)c3ccc(I)nc3)CC2)c(C)c1. The van der Waals surface area contributed by atoms with Gasteiger partial charge >= 0.3 is 0 Å². The van der Waals surface area contributed by atoms with E-state index in [2.05, 4.69) is 64.5 Å². The van der Waals surface area contributed by atoms with Gasteiger partial charge in [0.1, 0.15) is 3.70 Å². The molecule has 3 rings (SSSR count). The van der Waals surface area contributed by atoms with E-state index < -0.39 is 0 Å². The molecule has 1 aliphatic rings. The number of nitrogens with zero attached hydrogens (tertiary/aromatic N) is 3. The number of amides is 1. The minimum Gasteiger partial charge on any atom is -0.368 e. The minimum atomic E-state index is 0.0779. The van der Waals surface area contributed by atoms with Crippen molar-refractivity contribution in [1.29, 1.82) is 0 Å². The molecule has 2 heterocycles. The zero-order valence-electron chi connectivity index (χ0n) is 13.4. The third-order valence-electron chi connectivity index (χ3n) is 4.23. The summed E-state index contributed by atoms with van der Waals surface area (Å²) in [4.78, 5) is 21.0. The summed E-state index contributed by atoms with van der Waals surface area (Å²) in [5, 5.41) is 0. The van der Waals surface area contributed by atoms with E-state index in [9.17, 15) is 4.79 Å². The maximum absolute atomic E-state index is 12.5. The lowest BCUT2D eigenvalue weighted by atomic mass is 10.1. The van der Waals surface area contributed by atoms with Crippen LogP contribution in [0.2, 0.25) is 0 Å². The van der Waals surface area contributed by atoms with Gasteiger partial charge in [-0.3, -0.25) is 4.79 Å². The first-order valence-corrected chi connectivity index (χ1v) is 8.85. The molecule has 0 radical (unpaired) electrons. The van der Waals surface area contributed by atoms with Crippen molar-refractivity contribution in [3.05, 3.63) is 56.9 Å². The molecule has 1 aromatic carbocycles. The van der Waals surface area contributed by atoms with Crippen LogP contribution < -0.4 is 4.90 Å². The van der Waals surface area contributed by atoms with Crippen LogP contribution in [-0.4, -0.2) is 42.0 Å². The predicted octanol–water partition coefficient (Wildman–Crippen LogP) is 3.27. The van der Waals surface area contributed by atoms with E-state index in [1.807, 2.05) is 17.0 Å². The first-order chi connectivity index (χ1) is 11.0. The molecule has 4 nitrogen and oxygen atoms in total. The number of piperazine rings is 1. The molecule has 23 heavy (non-hydrogen) atoms. The van der Waals surface area contributed by atoms with E-state index in [4.69, 9.17) is 0 Å². The normalized spacial score (nSPS) is 14.9. The smallest absolute Gasteiger partial charge is 0.255 e. The number of rotatable bonds is 2. The van der Waals surface area contributed by atoms with E-state index >= 15 is 0 Å². The van der Waals surface area contributed by atoms with Gasteiger partial charge in [0.25, 0.3) is 5.91 Å². The average Bonchev–Trinajstić information content (AvgIpc) is 2.55. The topological polar surface area (TPSA) is 36.4 Å². The molecule has 1 aromatic heterocycles. The van der Waals surface area contributed by atoms with Crippen LogP contribution in [0.15, 0.2) is 36.5 Å². The Balaban J connectivity index is 1.66. The van der Waals surface area contributed by atoms with Gasteiger partial charge in [0.2, 0.25) is 0 Å². The largest absolute Gasteiger partial charge is 0.368 e. The van der Waals surface area contributed by atoms with Gasteiger partial charge in [-0.05, 0) is 60.2 Å². The molecule has 1 aliphatic heterocycles. The Kier molecular flexibility index (Phi) is 4.84. The van der Waals surface area contributed by atoms with Crippen molar-refractivity contribution in [3.8, 4) is 0 Å². The standard InChI is InChI=1S/C18H20IN3O/c1-13-3-5-16(14(2)11-13)21-7-9-22(10-8-21)18(23)15-4-6-17(19)20-12-15/h3-6,11-12H,7-10H2,1-2H3. The van der Waals surface area contributed by atoms with Gasteiger partial charge in [-0.15, -0.1) is 0 Å². The fraction of sp³-hybridized carbons (Fsp3) is 0.333. The van der Waals surface area contributed by atoms with Crippen molar-refractivity contribution in [3.63, 3.8) is 0 Å². The molecule has 0 N–H and O–H groups in total. The molecule has 1 amide bonds. The Labute approximate surface area is 150 Å². The zero-order valence-corrected chi connectivity index (χ0v) is 15.6. The second kappa shape index (κ2) is 6.86. The summed E-state index contributed by atoms with van der Waals surface area (Å²) >= 11 is 2.15. The third-order valence-corrected chi connectivity index (χ3v) is 4.87. The summed E-state index contributed by atoms with van der Waals surface area (Å²) in [6, 6.07) is 10.3. The Morgan fingerprint density at radius 1 is 1.09 bits per heavy atom. The second-order valence-electron chi connectivity index (χ2n) is 5.94. The van der Waals surface area contributed by atoms with Crippen molar-refractivity contribution in [2.75, 3.05) is 31.1 Å². The molecular weight excluding hydrogens is 401 g/mol. The van der Waals surface area contributed by atoms with Gasteiger partial charge in [0.05, 0.1) is 5.56 Å². The Bertz CT molecular complexity index is 707. The summed E-state index contributed by atoms with van der Waals surface area (Å²) in [5.41, 5.74) is 4.53. The first kappa shape index (κ1) is 16.2. The molecule has 1 fully saturated rings. The Morgan fingerprint density at radius 3 is 2.43 bits per heavy atom. The summed E-state index contributed by atoms with van der Waals surface area (Å²) in [6.45, 7) is 7.50. The average molecular weight is 421 g/mol. The molecule has 5 heteroatoms. The van der Waals surface area contributed by atoms with Gasteiger partial charge in [0, 0.05) is 38.1 Å².